The van der Waals surface area contributed by atoms with Gasteiger partial charge in [0.2, 0.25) is 5.91 Å². The maximum atomic E-state index is 11.7. The molecule has 5 heteroatoms. The summed E-state index contributed by atoms with van der Waals surface area (Å²) in [4.78, 5) is 14.4. The smallest absolute Gasteiger partial charge is 0.237 e. The zero-order valence-corrected chi connectivity index (χ0v) is 9.46. The fourth-order valence-electron chi connectivity index (χ4n) is 1.63. The molecule has 0 aromatic heterocycles. The first-order chi connectivity index (χ1) is 7.72. The molecule has 2 N–H and O–H groups in total. The van der Waals surface area contributed by atoms with Crippen molar-refractivity contribution in [3.8, 4) is 6.07 Å². The number of anilines is 2. The van der Waals surface area contributed by atoms with Gasteiger partial charge in [0.1, 0.15) is 0 Å². The predicted molar refractivity (Wildman–Crippen MR) is 64.2 cm³/mol. The third kappa shape index (κ3) is 1.97. The summed E-state index contributed by atoms with van der Waals surface area (Å²) in [6.45, 7) is 0.437. The lowest BCUT2D eigenvalue weighted by Crippen LogP contribution is -2.36. The monoisotopic (exact) mass is 233 g/mol. The third-order valence-electron chi connectivity index (χ3n) is 2.37. The van der Waals surface area contributed by atoms with Crippen LogP contribution in [0.2, 0.25) is 0 Å². The van der Waals surface area contributed by atoms with Gasteiger partial charge >= 0.3 is 0 Å². The molecule has 0 fully saturated rings. The largest absolute Gasteiger partial charge is 0.399 e. The molecule has 0 saturated heterocycles. The predicted octanol–water partition coefficient (Wildman–Crippen LogP) is 1.62. The van der Waals surface area contributed by atoms with Crippen molar-refractivity contribution in [3.63, 3.8) is 0 Å². The Kier molecular flexibility index (Phi) is 3.02. The van der Waals surface area contributed by atoms with E-state index in [2.05, 4.69) is 0 Å². The zero-order valence-electron chi connectivity index (χ0n) is 8.64. The van der Waals surface area contributed by atoms with Gasteiger partial charge in [0.15, 0.2) is 0 Å². The third-order valence-corrected chi connectivity index (χ3v) is 3.42. The van der Waals surface area contributed by atoms with Crippen LogP contribution in [-0.4, -0.2) is 18.2 Å². The molecule has 0 aliphatic carbocycles. The van der Waals surface area contributed by atoms with Crippen LogP contribution in [0.15, 0.2) is 23.1 Å². The van der Waals surface area contributed by atoms with Gasteiger partial charge in [-0.05, 0) is 18.2 Å². The molecule has 4 nitrogen and oxygen atoms in total. The summed E-state index contributed by atoms with van der Waals surface area (Å²) in [5.41, 5.74) is 7.17. The van der Waals surface area contributed by atoms with Crippen molar-refractivity contribution in [2.75, 3.05) is 22.9 Å². The van der Waals surface area contributed by atoms with Gasteiger partial charge < -0.3 is 10.6 Å². The van der Waals surface area contributed by atoms with Crippen molar-refractivity contribution in [1.29, 1.82) is 5.26 Å². The number of nitrogens with two attached hydrogens (primary N) is 1. The van der Waals surface area contributed by atoms with Crippen LogP contribution in [0.1, 0.15) is 6.42 Å². The van der Waals surface area contributed by atoms with E-state index < -0.39 is 0 Å². The number of nitriles is 1. The van der Waals surface area contributed by atoms with Crippen molar-refractivity contribution in [2.24, 2.45) is 0 Å². The van der Waals surface area contributed by atoms with E-state index in [-0.39, 0.29) is 5.91 Å². The Morgan fingerprint density at radius 2 is 2.38 bits per heavy atom. The van der Waals surface area contributed by atoms with Crippen molar-refractivity contribution >= 4 is 29.0 Å². The van der Waals surface area contributed by atoms with Crippen molar-refractivity contribution < 1.29 is 4.79 Å². The van der Waals surface area contributed by atoms with E-state index in [9.17, 15) is 4.79 Å². The number of hydrogen-bond acceptors (Lipinski definition) is 4. The summed E-state index contributed by atoms with van der Waals surface area (Å²) in [5.74, 6) is 0.473. The number of nitrogen functional groups attached to an aromatic ring is 1. The highest BCUT2D eigenvalue weighted by atomic mass is 32.2. The number of thioether (sulfide) groups is 1. The molecule has 1 aliphatic heterocycles. The average Bonchev–Trinajstić information content (AvgIpc) is 2.28. The maximum absolute atomic E-state index is 11.7. The summed E-state index contributed by atoms with van der Waals surface area (Å²) >= 11 is 1.51. The highest BCUT2D eigenvalue weighted by Crippen LogP contribution is 2.36. The second-order valence-electron chi connectivity index (χ2n) is 3.47. The second-order valence-corrected chi connectivity index (χ2v) is 4.49. The number of rotatable bonds is 2. The number of amides is 1. The van der Waals surface area contributed by atoms with Crippen LogP contribution < -0.4 is 10.6 Å². The van der Waals surface area contributed by atoms with Crippen molar-refractivity contribution in [1.82, 2.24) is 0 Å². The lowest BCUT2D eigenvalue weighted by atomic mass is 10.2. The highest BCUT2D eigenvalue weighted by Gasteiger charge is 2.24. The Morgan fingerprint density at radius 1 is 1.56 bits per heavy atom. The van der Waals surface area contributed by atoms with Gasteiger partial charge in [-0.2, -0.15) is 5.26 Å². The molecule has 1 aliphatic rings. The standard InChI is InChI=1S/C11H11N3OS/c12-4-1-5-14-9-6-8(13)2-3-10(9)16-7-11(14)15/h2-3,6H,1,5,7,13H2. The Labute approximate surface area is 98.0 Å². The first-order valence-corrected chi connectivity index (χ1v) is 5.90. The molecule has 0 spiro atoms. The molecule has 0 radical (unpaired) electrons. The van der Waals surface area contributed by atoms with E-state index in [1.807, 2.05) is 18.2 Å². The van der Waals surface area contributed by atoms with E-state index in [1.165, 1.54) is 11.8 Å². The Balaban J connectivity index is 2.35. The minimum atomic E-state index is 0.0401. The highest BCUT2D eigenvalue weighted by molar-refractivity contribution is 8.00. The normalized spacial score (nSPS) is 14.4. The summed E-state index contributed by atoms with van der Waals surface area (Å²) in [6.07, 6.45) is 0.338. The lowest BCUT2D eigenvalue weighted by molar-refractivity contribution is -0.116. The SMILES string of the molecule is N#CCCN1C(=O)CSc2ccc(N)cc21. The number of nitrogens with zero attached hydrogens (tertiary/aromatic N) is 2. The first kappa shape index (κ1) is 10.8. The molecular formula is C11H11N3OS. The zero-order chi connectivity index (χ0) is 11.5. The number of benzene rings is 1. The van der Waals surface area contributed by atoms with Gasteiger partial charge in [-0.15, -0.1) is 11.8 Å². The molecule has 2 rings (SSSR count). The van der Waals surface area contributed by atoms with Gasteiger partial charge in [-0.1, -0.05) is 0 Å². The molecule has 0 atom stereocenters. The number of hydrogen-bond donors (Lipinski definition) is 1. The van der Waals surface area contributed by atoms with E-state index in [4.69, 9.17) is 11.0 Å². The van der Waals surface area contributed by atoms with Gasteiger partial charge in [-0.25, -0.2) is 0 Å². The number of carbonyl (C=O) groups is 1. The van der Waals surface area contributed by atoms with Gasteiger partial charge in [0.25, 0.3) is 0 Å². The van der Waals surface area contributed by atoms with Crippen LogP contribution in [0.5, 0.6) is 0 Å². The second kappa shape index (κ2) is 4.45. The number of fused-ring (bicyclic) bond motifs is 1. The Bertz CT molecular complexity index is 467. The molecule has 1 aromatic rings. The van der Waals surface area contributed by atoms with Crippen LogP contribution in [0, 0.1) is 11.3 Å². The minimum absolute atomic E-state index is 0.0401. The summed E-state index contributed by atoms with van der Waals surface area (Å²) in [5, 5.41) is 8.57. The quantitative estimate of drug-likeness (QED) is 0.788. The van der Waals surface area contributed by atoms with Crippen molar-refractivity contribution in [3.05, 3.63) is 18.2 Å². The Morgan fingerprint density at radius 3 is 3.12 bits per heavy atom. The van der Waals surface area contributed by atoms with E-state index in [1.54, 1.807) is 11.0 Å². The van der Waals surface area contributed by atoms with Gasteiger partial charge in [0, 0.05) is 17.1 Å². The fourth-order valence-corrected chi connectivity index (χ4v) is 2.54. The summed E-state index contributed by atoms with van der Waals surface area (Å²) < 4.78 is 0. The van der Waals surface area contributed by atoms with Gasteiger partial charge in [0.05, 0.1) is 23.9 Å². The van der Waals surface area contributed by atoms with E-state index in [0.717, 1.165) is 10.6 Å². The van der Waals surface area contributed by atoms with Crippen molar-refractivity contribution in [2.45, 2.75) is 11.3 Å². The summed E-state index contributed by atoms with van der Waals surface area (Å²) in [7, 11) is 0. The molecule has 16 heavy (non-hydrogen) atoms. The molecular weight excluding hydrogens is 222 g/mol. The lowest BCUT2D eigenvalue weighted by Gasteiger charge is -2.28. The average molecular weight is 233 g/mol. The van der Waals surface area contributed by atoms with Crippen LogP contribution in [0.4, 0.5) is 11.4 Å². The number of carbonyl (C=O) groups excluding carboxylic acids is 1. The molecule has 0 bridgehead atoms. The van der Waals surface area contributed by atoms with E-state index >= 15 is 0 Å². The Hall–Kier alpha value is -1.67. The maximum Gasteiger partial charge on any atom is 0.237 e. The van der Waals surface area contributed by atoms with Gasteiger partial charge in [-0.3, -0.25) is 4.79 Å². The molecule has 82 valence electrons. The molecule has 0 unspecified atom stereocenters. The topological polar surface area (TPSA) is 70.1 Å². The fraction of sp³-hybridized carbons (Fsp3) is 0.273. The van der Waals surface area contributed by atoms with Crippen LogP contribution in [0.3, 0.4) is 0 Å². The molecule has 0 saturated carbocycles. The van der Waals surface area contributed by atoms with Crippen LogP contribution in [0.25, 0.3) is 0 Å². The first-order valence-electron chi connectivity index (χ1n) is 4.92. The molecule has 1 heterocycles. The molecule has 1 amide bonds. The minimum Gasteiger partial charge on any atom is -0.399 e. The van der Waals surface area contributed by atoms with Crippen LogP contribution in [-0.2, 0) is 4.79 Å². The summed E-state index contributed by atoms with van der Waals surface area (Å²) in [6, 6.07) is 7.58. The van der Waals surface area contributed by atoms with Crippen LogP contribution >= 0.6 is 11.8 Å². The molecule has 1 aromatic carbocycles. The van der Waals surface area contributed by atoms with E-state index in [0.29, 0.717) is 24.4 Å².